The fourth-order valence-electron chi connectivity index (χ4n) is 1.36. The van der Waals surface area contributed by atoms with Crippen LogP contribution in [0.15, 0.2) is 29.6 Å². The Morgan fingerprint density at radius 2 is 2.20 bits per heavy atom. The second-order valence-electron chi connectivity index (χ2n) is 3.30. The lowest BCUT2D eigenvalue weighted by Gasteiger charge is -2.04. The van der Waals surface area contributed by atoms with Crippen LogP contribution >= 0.6 is 11.8 Å². The largest absolute Gasteiger partial charge is 0.399 e. The molecule has 1 aromatic carbocycles. The van der Waals surface area contributed by atoms with Gasteiger partial charge in [-0.2, -0.15) is 0 Å². The minimum Gasteiger partial charge on any atom is -0.399 e. The Labute approximate surface area is 93.1 Å². The van der Waals surface area contributed by atoms with Crippen molar-refractivity contribution in [3.8, 4) is 0 Å². The Morgan fingerprint density at radius 1 is 1.33 bits per heavy atom. The highest BCUT2D eigenvalue weighted by Crippen LogP contribution is 2.25. The maximum atomic E-state index is 5.71. The van der Waals surface area contributed by atoms with Gasteiger partial charge >= 0.3 is 0 Å². The van der Waals surface area contributed by atoms with Crippen molar-refractivity contribution in [1.82, 2.24) is 9.97 Å². The lowest BCUT2D eigenvalue weighted by atomic mass is 10.2. The van der Waals surface area contributed by atoms with E-state index in [0.29, 0.717) is 0 Å². The highest BCUT2D eigenvalue weighted by atomic mass is 32.2. The fraction of sp³-hybridized carbons (Fsp3) is 0.273. The molecule has 0 saturated heterocycles. The van der Waals surface area contributed by atoms with Crippen LogP contribution < -0.4 is 5.73 Å². The van der Waals surface area contributed by atoms with E-state index >= 15 is 0 Å². The summed E-state index contributed by atoms with van der Waals surface area (Å²) >= 11 is 1.76. The predicted octanol–water partition coefficient (Wildman–Crippen LogP) is 2.71. The number of nitrogen functional groups attached to an aromatic ring is 1. The molecule has 15 heavy (non-hydrogen) atoms. The maximum Gasteiger partial charge on any atom is 0.117 e. The highest BCUT2D eigenvalue weighted by molar-refractivity contribution is 7.99. The van der Waals surface area contributed by atoms with Crippen LogP contribution in [0.25, 0.3) is 10.9 Å². The molecule has 0 amide bonds. The molecule has 78 valence electrons. The van der Waals surface area contributed by atoms with Crippen molar-refractivity contribution in [3.05, 3.63) is 24.5 Å². The summed E-state index contributed by atoms with van der Waals surface area (Å²) in [6.45, 7) is 2.16. The van der Waals surface area contributed by atoms with Crippen molar-refractivity contribution in [2.24, 2.45) is 0 Å². The summed E-state index contributed by atoms with van der Waals surface area (Å²) in [6, 6.07) is 5.76. The zero-order chi connectivity index (χ0) is 10.7. The monoisotopic (exact) mass is 219 g/mol. The van der Waals surface area contributed by atoms with Crippen LogP contribution in [-0.4, -0.2) is 15.7 Å². The molecule has 0 bridgehead atoms. The van der Waals surface area contributed by atoms with Gasteiger partial charge in [0.2, 0.25) is 0 Å². The van der Waals surface area contributed by atoms with Crippen molar-refractivity contribution in [1.29, 1.82) is 0 Å². The van der Waals surface area contributed by atoms with Crippen LogP contribution in [0, 0.1) is 0 Å². The molecule has 1 aromatic heterocycles. The molecule has 0 aliphatic rings. The highest BCUT2D eigenvalue weighted by Gasteiger charge is 2.03. The summed E-state index contributed by atoms with van der Waals surface area (Å²) in [4.78, 5) is 8.49. The zero-order valence-corrected chi connectivity index (χ0v) is 9.42. The van der Waals surface area contributed by atoms with Gasteiger partial charge < -0.3 is 5.73 Å². The number of nitrogens with two attached hydrogens (primary N) is 1. The molecule has 0 fully saturated rings. The lowest BCUT2D eigenvalue weighted by Crippen LogP contribution is -1.90. The van der Waals surface area contributed by atoms with Gasteiger partial charge in [0.15, 0.2) is 0 Å². The Bertz CT molecular complexity index is 470. The molecule has 1 heterocycles. The molecule has 0 aliphatic carbocycles. The predicted molar refractivity (Wildman–Crippen MR) is 65.0 cm³/mol. The minimum atomic E-state index is 0.743. The van der Waals surface area contributed by atoms with Crippen molar-refractivity contribution in [2.75, 3.05) is 11.5 Å². The van der Waals surface area contributed by atoms with Gasteiger partial charge in [-0.15, -0.1) is 11.8 Å². The average molecular weight is 219 g/mol. The van der Waals surface area contributed by atoms with E-state index in [-0.39, 0.29) is 0 Å². The van der Waals surface area contributed by atoms with Gasteiger partial charge in [0.1, 0.15) is 11.4 Å². The Balaban J connectivity index is 2.46. The van der Waals surface area contributed by atoms with Crippen molar-refractivity contribution < 1.29 is 0 Å². The molecule has 0 unspecified atom stereocenters. The molecular formula is C11H13N3S. The number of anilines is 1. The van der Waals surface area contributed by atoms with Gasteiger partial charge in [0, 0.05) is 11.1 Å². The third-order valence-corrected chi connectivity index (χ3v) is 3.28. The summed E-state index contributed by atoms with van der Waals surface area (Å²) < 4.78 is 0. The van der Waals surface area contributed by atoms with E-state index in [1.807, 2.05) is 18.2 Å². The van der Waals surface area contributed by atoms with Gasteiger partial charge in [-0.1, -0.05) is 6.92 Å². The molecule has 0 aliphatic heterocycles. The smallest absolute Gasteiger partial charge is 0.117 e. The van der Waals surface area contributed by atoms with E-state index in [2.05, 4.69) is 16.9 Å². The number of benzene rings is 1. The van der Waals surface area contributed by atoms with Crippen LogP contribution in [0.4, 0.5) is 5.69 Å². The summed E-state index contributed by atoms with van der Waals surface area (Å²) in [5.74, 6) is 1.08. The Morgan fingerprint density at radius 3 is 3.00 bits per heavy atom. The van der Waals surface area contributed by atoms with Gasteiger partial charge in [-0.3, -0.25) is 0 Å². The number of fused-ring (bicyclic) bond motifs is 1. The lowest BCUT2D eigenvalue weighted by molar-refractivity contribution is 1.07. The molecule has 2 N–H and O–H groups in total. The summed E-state index contributed by atoms with van der Waals surface area (Å²) in [5.41, 5.74) is 7.37. The van der Waals surface area contributed by atoms with Crippen LogP contribution in [0.3, 0.4) is 0 Å². The Hall–Kier alpha value is -1.29. The summed E-state index contributed by atoms with van der Waals surface area (Å²) in [7, 11) is 0. The van der Waals surface area contributed by atoms with Gasteiger partial charge in [-0.05, 0) is 30.4 Å². The first-order valence-electron chi connectivity index (χ1n) is 4.94. The molecule has 0 radical (unpaired) electrons. The minimum absolute atomic E-state index is 0.743. The quantitative estimate of drug-likeness (QED) is 0.490. The first-order chi connectivity index (χ1) is 7.31. The number of hydrogen-bond donors (Lipinski definition) is 1. The summed E-state index contributed by atoms with van der Waals surface area (Å²) in [6.07, 6.45) is 2.74. The van der Waals surface area contributed by atoms with E-state index < -0.39 is 0 Å². The van der Waals surface area contributed by atoms with Crippen molar-refractivity contribution >= 4 is 28.4 Å². The standard InChI is InChI=1S/C11H13N3S/c1-2-5-15-11-9-4-3-8(12)6-10(9)13-7-14-11/h3-4,6-7H,2,5,12H2,1H3. The van der Waals surface area contributed by atoms with Crippen LogP contribution in [0.2, 0.25) is 0 Å². The average Bonchev–Trinajstić information content (AvgIpc) is 2.25. The van der Waals surface area contributed by atoms with E-state index in [1.165, 1.54) is 0 Å². The Kier molecular flexibility index (Phi) is 3.06. The summed E-state index contributed by atoms with van der Waals surface area (Å²) in [5, 5.41) is 2.13. The van der Waals surface area contributed by atoms with Crippen LogP contribution in [0.1, 0.15) is 13.3 Å². The first kappa shape index (κ1) is 10.2. The van der Waals surface area contributed by atoms with Crippen LogP contribution in [-0.2, 0) is 0 Å². The number of aromatic nitrogens is 2. The van der Waals surface area contributed by atoms with E-state index in [4.69, 9.17) is 5.73 Å². The molecule has 4 heteroatoms. The topological polar surface area (TPSA) is 51.8 Å². The second kappa shape index (κ2) is 4.49. The molecule has 0 saturated carbocycles. The van der Waals surface area contributed by atoms with Crippen molar-refractivity contribution in [3.63, 3.8) is 0 Å². The first-order valence-corrected chi connectivity index (χ1v) is 5.93. The van der Waals surface area contributed by atoms with Crippen molar-refractivity contribution in [2.45, 2.75) is 18.4 Å². The molecule has 3 nitrogen and oxygen atoms in total. The van der Waals surface area contributed by atoms with Crippen LogP contribution in [0.5, 0.6) is 0 Å². The van der Waals surface area contributed by atoms with Gasteiger partial charge in [-0.25, -0.2) is 9.97 Å². The fourth-order valence-corrected chi connectivity index (χ4v) is 2.21. The number of nitrogens with zero attached hydrogens (tertiary/aromatic N) is 2. The van der Waals surface area contributed by atoms with Gasteiger partial charge in [0.25, 0.3) is 0 Å². The van der Waals surface area contributed by atoms with E-state index in [0.717, 1.165) is 33.8 Å². The molecule has 2 rings (SSSR count). The van der Waals surface area contributed by atoms with Gasteiger partial charge in [0.05, 0.1) is 5.52 Å². The number of rotatable bonds is 3. The second-order valence-corrected chi connectivity index (χ2v) is 4.39. The third-order valence-electron chi connectivity index (χ3n) is 2.07. The van der Waals surface area contributed by atoms with E-state index in [1.54, 1.807) is 18.1 Å². The zero-order valence-electron chi connectivity index (χ0n) is 8.60. The number of thioether (sulfide) groups is 1. The molecule has 2 aromatic rings. The maximum absolute atomic E-state index is 5.71. The molecule has 0 spiro atoms. The number of hydrogen-bond acceptors (Lipinski definition) is 4. The third kappa shape index (κ3) is 2.21. The molecular weight excluding hydrogens is 206 g/mol. The van der Waals surface area contributed by atoms with E-state index in [9.17, 15) is 0 Å². The normalized spacial score (nSPS) is 10.7. The molecule has 0 atom stereocenters. The SMILES string of the molecule is CCCSc1ncnc2cc(N)ccc12.